The normalized spacial score (nSPS) is 10.1. The number of anilines is 1. The lowest BCUT2D eigenvalue weighted by Gasteiger charge is -2.03. The number of benzene rings is 1. The molecule has 0 saturated carbocycles. The number of rotatable bonds is 4. The topological polar surface area (TPSA) is 48.1 Å². The molecule has 78 valence electrons. The Labute approximate surface area is 92.5 Å². The van der Waals surface area contributed by atoms with Crippen LogP contribution in [0.3, 0.4) is 0 Å². The molecule has 0 amide bonds. The molecule has 3 nitrogen and oxygen atoms in total. The molecule has 0 radical (unpaired) electrons. The molecule has 0 saturated heterocycles. The van der Waals surface area contributed by atoms with E-state index < -0.39 is 0 Å². The van der Waals surface area contributed by atoms with Gasteiger partial charge in [-0.05, 0) is 12.1 Å². The monoisotopic (exact) mass is 220 g/mol. The van der Waals surface area contributed by atoms with Gasteiger partial charge in [0.25, 0.3) is 0 Å². The lowest BCUT2D eigenvalue weighted by atomic mass is 10.3. The molecule has 15 heavy (non-hydrogen) atoms. The van der Waals surface area contributed by atoms with Crippen LogP contribution in [0.1, 0.15) is 5.69 Å². The summed E-state index contributed by atoms with van der Waals surface area (Å²) in [5, 5.41) is 2.58. The summed E-state index contributed by atoms with van der Waals surface area (Å²) in [5.41, 5.74) is 6.52. The maximum absolute atomic E-state index is 5.54. The van der Waals surface area contributed by atoms with Crippen molar-refractivity contribution in [3.8, 4) is 5.75 Å². The summed E-state index contributed by atoms with van der Waals surface area (Å²) in [6.45, 7) is 0.632. The van der Waals surface area contributed by atoms with E-state index in [0.29, 0.717) is 11.7 Å². The van der Waals surface area contributed by atoms with Crippen molar-refractivity contribution in [3.05, 3.63) is 41.4 Å². The van der Waals surface area contributed by atoms with Crippen molar-refractivity contribution < 1.29 is 4.74 Å². The van der Waals surface area contributed by atoms with Crippen LogP contribution >= 0.6 is 11.3 Å². The number of aromatic nitrogens is 1. The molecule has 2 rings (SSSR count). The molecule has 0 unspecified atom stereocenters. The number of para-hydroxylation sites is 1. The SMILES string of the molecule is Nc1nc(CCOc2ccccc2)cs1. The maximum Gasteiger partial charge on any atom is 0.180 e. The molecule has 2 N–H and O–H groups in total. The summed E-state index contributed by atoms with van der Waals surface area (Å²) in [6, 6.07) is 9.76. The van der Waals surface area contributed by atoms with Crippen molar-refractivity contribution in [1.29, 1.82) is 0 Å². The van der Waals surface area contributed by atoms with E-state index >= 15 is 0 Å². The van der Waals surface area contributed by atoms with Crippen molar-refractivity contribution in [1.82, 2.24) is 4.98 Å². The molecule has 1 aromatic heterocycles. The lowest BCUT2D eigenvalue weighted by molar-refractivity contribution is 0.321. The average molecular weight is 220 g/mol. The molecule has 2 aromatic rings. The molecular weight excluding hydrogens is 208 g/mol. The van der Waals surface area contributed by atoms with Gasteiger partial charge in [-0.2, -0.15) is 0 Å². The number of nitrogen functional groups attached to an aromatic ring is 1. The van der Waals surface area contributed by atoms with Crippen molar-refractivity contribution >= 4 is 16.5 Å². The Kier molecular flexibility index (Phi) is 3.19. The van der Waals surface area contributed by atoms with Crippen LogP contribution in [-0.2, 0) is 6.42 Å². The van der Waals surface area contributed by atoms with Crippen LogP contribution in [0.15, 0.2) is 35.7 Å². The van der Waals surface area contributed by atoms with Crippen LogP contribution in [0.5, 0.6) is 5.75 Å². The smallest absolute Gasteiger partial charge is 0.180 e. The third-order valence-corrected chi connectivity index (χ3v) is 2.66. The zero-order valence-electron chi connectivity index (χ0n) is 8.22. The van der Waals surface area contributed by atoms with E-state index in [4.69, 9.17) is 10.5 Å². The van der Waals surface area contributed by atoms with Gasteiger partial charge in [0.15, 0.2) is 5.13 Å². The molecule has 0 spiro atoms. The summed E-state index contributed by atoms with van der Waals surface area (Å²) in [4.78, 5) is 4.16. The first-order valence-electron chi connectivity index (χ1n) is 4.72. The maximum atomic E-state index is 5.54. The number of nitrogens with two attached hydrogens (primary N) is 1. The second-order valence-corrected chi connectivity index (χ2v) is 3.98. The Morgan fingerprint density at radius 2 is 2.07 bits per heavy atom. The van der Waals surface area contributed by atoms with Crippen LogP contribution in [0.4, 0.5) is 5.13 Å². The number of ether oxygens (including phenoxy) is 1. The summed E-state index contributed by atoms with van der Waals surface area (Å²) in [7, 11) is 0. The molecule has 0 aliphatic rings. The third-order valence-electron chi connectivity index (χ3n) is 1.94. The first-order valence-corrected chi connectivity index (χ1v) is 5.60. The van der Waals surface area contributed by atoms with Crippen LogP contribution in [0.2, 0.25) is 0 Å². The van der Waals surface area contributed by atoms with Gasteiger partial charge in [-0.1, -0.05) is 18.2 Å². The highest BCUT2D eigenvalue weighted by atomic mass is 32.1. The molecule has 1 heterocycles. The molecule has 0 aliphatic carbocycles. The summed E-state index contributed by atoms with van der Waals surface area (Å²) >= 11 is 1.46. The average Bonchev–Trinajstić information content (AvgIpc) is 2.66. The van der Waals surface area contributed by atoms with E-state index in [0.717, 1.165) is 17.9 Å². The summed E-state index contributed by atoms with van der Waals surface area (Å²) < 4.78 is 5.54. The van der Waals surface area contributed by atoms with E-state index in [2.05, 4.69) is 4.98 Å². The number of nitrogens with zero attached hydrogens (tertiary/aromatic N) is 1. The number of hydrogen-bond acceptors (Lipinski definition) is 4. The van der Waals surface area contributed by atoms with Crippen molar-refractivity contribution in [2.24, 2.45) is 0 Å². The first-order chi connectivity index (χ1) is 7.34. The highest BCUT2D eigenvalue weighted by molar-refractivity contribution is 7.13. The zero-order chi connectivity index (χ0) is 10.5. The Morgan fingerprint density at radius 3 is 2.73 bits per heavy atom. The van der Waals surface area contributed by atoms with Gasteiger partial charge in [0.2, 0.25) is 0 Å². The molecule has 0 fully saturated rings. The standard InChI is InChI=1S/C11H12N2OS/c12-11-13-9(8-15-11)6-7-14-10-4-2-1-3-5-10/h1-5,8H,6-7H2,(H2,12,13). The van der Waals surface area contributed by atoms with Gasteiger partial charge in [-0.15, -0.1) is 11.3 Å². The second-order valence-electron chi connectivity index (χ2n) is 3.09. The van der Waals surface area contributed by atoms with Gasteiger partial charge in [0.05, 0.1) is 12.3 Å². The van der Waals surface area contributed by atoms with Gasteiger partial charge in [0, 0.05) is 11.8 Å². The van der Waals surface area contributed by atoms with E-state index in [1.807, 2.05) is 35.7 Å². The van der Waals surface area contributed by atoms with Gasteiger partial charge in [-0.25, -0.2) is 4.98 Å². The lowest BCUT2D eigenvalue weighted by Crippen LogP contribution is -2.01. The fourth-order valence-electron chi connectivity index (χ4n) is 1.23. The van der Waals surface area contributed by atoms with E-state index in [1.165, 1.54) is 11.3 Å². The van der Waals surface area contributed by atoms with Crippen molar-refractivity contribution in [2.45, 2.75) is 6.42 Å². The molecule has 0 atom stereocenters. The van der Waals surface area contributed by atoms with Gasteiger partial charge < -0.3 is 10.5 Å². The van der Waals surface area contributed by atoms with Crippen LogP contribution in [0.25, 0.3) is 0 Å². The predicted octanol–water partition coefficient (Wildman–Crippen LogP) is 2.35. The van der Waals surface area contributed by atoms with Crippen molar-refractivity contribution in [2.75, 3.05) is 12.3 Å². The van der Waals surface area contributed by atoms with Crippen LogP contribution < -0.4 is 10.5 Å². The second kappa shape index (κ2) is 4.79. The van der Waals surface area contributed by atoms with Gasteiger partial charge >= 0.3 is 0 Å². The minimum Gasteiger partial charge on any atom is -0.493 e. The molecular formula is C11H12N2OS. The Bertz CT molecular complexity index is 414. The highest BCUT2D eigenvalue weighted by Crippen LogP contribution is 2.13. The number of thiazole rings is 1. The Hall–Kier alpha value is -1.55. The zero-order valence-corrected chi connectivity index (χ0v) is 9.04. The van der Waals surface area contributed by atoms with Gasteiger partial charge in [0.1, 0.15) is 5.75 Å². The minimum absolute atomic E-state index is 0.615. The summed E-state index contributed by atoms with van der Waals surface area (Å²) in [5.74, 6) is 0.890. The largest absolute Gasteiger partial charge is 0.493 e. The Balaban J connectivity index is 1.80. The molecule has 0 bridgehead atoms. The number of hydrogen-bond donors (Lipinski definition) is 1. The molecule has 0 aliphatic heterocycles. The van der Waals surface area contributed by atoms with Crippen molar-refractivity contribution in [3.63, 3.8) is 0 Å². The third kappa shape index (κ3) is 2.95. The quantitative estimate of drug-likeness (QED) is 0.860. The Morgan fingerprint density at radius 1 is 1.27 bits per heavy atom. The molecule has 4 heteroatoms. The van der Waals surface area contributed by atoms with Gasteiger partial charge in [-0.3, -0.25) is 0 Å². The fraction of sp³-hybridized carbons (Fsp3) is 0.182. The molecule has 1 aromatic carbocycles. The predicted molar refractivity (Wildman–Crippen MR) is 62.2 cm³/mol. The first kappa shape index (κ1) is 9.98. The minimum atomic E-state index is 0.615. The van der Waals surface area contributed by atoms with E-state index in [9.17, 15) is 0 Å². The van der Waals surface area contributed by atoms with E-state index in [-0.39, 0.29) is 0 Å². The highest BCUT2D eigenvalue weighted by Gasteiger charge is 1.99. The van der Waals surface area contributed by atoms with Crippen LogP contribution in [0, 0.1) is 0 Å². The van der Waals surface area contributed by atoms with Crippen LogP contribution in [-0.4, -0.2) is 11.6 Å². The fourth-order valence-corrected chi connectivity index (χ4v) is 1.82. The summed E-state index contributed by atoms with van der Waals surface area (Å²) in [6.07, 6.45) is 0.794. The van der Waals surface area contributed by atoms with E-state index in [1.54, 1.807) is 0 Å².